The normalized spacial score (nSPS) is 11.3. The summed E-state index contributed by atoms with van der Waals surface area (Å²) in [7, 11) is 0. The smallest absolute Gasteiger partial charge is 0.272 e. The highest BCUT2D eigenvalue weighted by Crippen LogP contribution is 2.17. The van der Waals surface area contributed by atoms with Crippen molar-refractivity contribution < 1.29 is 9.72 Å². The first-order chi connectivity index (χ1) is 10.8. The number of hydrogen-bond acceptors (Lipinski definition) is 4. The molecule has 1 aromatic carbocycles. The molecule has 0 atom stereocenters. The molecule has 1 heterocycles. The Labute approximate surface area is 134 Å². The summed E-state index contributed by atoms with van der Waals surface area (Å²) in [5.41, 5.74) is 0.487. The first-order valence-corrected chi connectivity index (χ1v) is 7.45. The number of hydrogen-bond donors (Lipinski definition) is 1. The summed E-state index contributed by atoms with van der Waals surface area (Å²) in [4.78, 5) is 22.6. The van der Waals surface area contributed by atoms with Crippen molar-refractivity contribution in [1.29, 1.82) is 0 Å². The van der Waals surface area contributed by atoms with Gasteiger partial charge in [0, 0.05) is 23.9 Å². The van der Waals surface area contributed by atoms with Gasteiger partial charge in [0.25, 0.3) is 11.6 Å². The number of non-ortho nitro benzene ring substituents is 1. The van der Waals surface area contributed by atoms with Crippen molar-refractivity contribution in [3.63, 3.8) is 0 Å². The van der Waals surface area contributed by atoms with Gasteiger partial charge in [-0.1, -0.05) is 19.4 Å². The molecule has 0 spiro atoms. The van der Waals surface area contributed by atoms with Gasteiger partial charge in [-0.05, 0) is 32.4 Å². The summed E-state index contributed by atoms with van der Waals surface area (Å²) in [5.74, 6) is -0.257. The van der Waals surface area contributed by atoms with Crippen LogP contribution in [0.25, 0.3) is 5.69 Å². The fourth-order valence-corrected chi connectivity index (χ4v) is 2.40. The number of nitrogens with zero attached hydrogens (tertiary/aromatic N) is 3. The van der Waals surface area contributed by atoms with E-state index in [4.69, 9.17) is 0 Å². The second-order valence-corrected chi connectivity index (χ2v) is 6.01. The molecule has 1 amide bonds. The molecular formula is C16H20N4O3. The molecule has 0 saturated carbocycles. The number of nitrogens with one attached hydrogen (secondary N) is 1. The predicted octanol–water partition coefficient (Wildman–Crippen LogP) is 3.09. The molecule has 0 aliphatic carbocycles. The Morgan fingerprint density at radius 1 is 1.39 bits per heavy atom. The van der Waals surface area contributed by atoms with Gasteiger partial charge in [0.05, 0.1) is 10.6 Å². The van der Waals surface area contributed by atoms with Crippen molar-refractivity contribution in [3.8, 4) is 5.69 Å². The van der Waals surface area contributed by atoms with Gasteiger partial charge >= 0.3 is 0 Å². The van der Waals surface area contributed by atoms with Crippen LogP contribution < -0.4 is 5.32 Å². The summed E-state index contributed by atoms with van der Waals surface area (Å²) < 4.78 is 1.45. The molecule has 7 nitrogen and oxygen atoms in total. The lowest BCUT2D eigenvalue weighted by atomic mass is 9.99. The van der Waals surface area contributed by atoms with Gasteiger partial charge in [0.15, 0.2) is 5.69 Å². The van der Waals surface area contributed by atoms with Crippen molar-refractivity contribution in [2.75, 3.05) is 0 Å². The number of nitro groups is 1. The lowest BCUT2D eigenvalue weighted by Gasteiger charge is -2.25. The zero-order valence-corrected chi connectivity index (χ0v) is 13.4. The first kappa shape index (κ1) is 16.7. The van der Waals surface area contributed by atoms with E-state index >= 15 is 0 Å². The Kier molecular flexibility index (Phi) is 4.78. The van der Waals surface area contributed by atoms with Crippen LogP contribution in [-0.4, -0.2) is 26.1 Å². The molecule has 7 heteroatoms. The van der Waals surface area contributed by atoms with E-state index in [1.54, 1.807) is 24.4 Å². The van der Waals surface area contributed by atoms with E-state index in [1.807, 2.05) is 13.8 Å². The molecule has 0 unspecified atom stereocenters. The fraction of sp³-hybridized carbons (Fsp3) is 0.375. The maximum Gasteiger partial charge on any atom is 0.272 e. The summed E-state index contributed by atoms with van der Waals surface area (Å²) in [5, 5.41) is 18.0. The molecule has 1 aromatic heterocycles. The van der Waals surface area contributed by atoms with Gasteiger partial charge in [0.1, 0.15) is 0 Å². The Balaban J connectivity index is 2.19. The quantitative estimate of drug-likeness (QED) is 0.655. The molecule has 0 radical (unpaired) electrons. The summed E-state index contributed by atoms with van der Waals surface area (Å²) in [6.45, 7) is 5.99. The standard InChI is InChI=1S/C16H20N4O3/c1-4-9-16(2,3)17-15(21)14-8-10-19(18-14)12-6-5-7-13(11-12)20(22)23/h5-8,10-11H,4,9H2,1-3H3,(H,17,21). The maximum absolute atomic E-state index is 12.3. The van der Waals surface area contributed by atoms with Crippen molar-refractivity contribution in [3.05, 3.63) is 52.3 Å². The Bertz CT molecular complexity index is 722. The van der Waals surface area contributed by atoms with Crippen molar-refractivity contribution in [2.24, 2.45) is 0 Å². The van der Waals surface area contributed by atoms with Gasteiger partial charge in [0.2, 0.25) is 0 Å². The Morgan fingerprint density at radius 3 is 2.78 bits per heavy atom. The van der Waals surface area contributed by atoms with Crippen LogP contribution in [0, 0.1) is 10.1 Å². The minimum atomic E-state index is -0.464. The largest absolute Gasteiger partial charge is 0.346 e. The van der Waals surface area contributed by atoms with Crippen molar-refractivity contribution in [1.82, 2.24) is 15.1 Å². The molecule has 0 fully saturated rings. The van der Waals surface area contributed by atoms with Gasteiger partial charge in [-0.3, -0.25) is 14.9 Å². The molecule has 0 saturated heterocycles. The highest BCUT2D eigenvalue weighted by atomic mass is 16.6. The van der Waals surface area contributed by atoms with Crippen molar-refractivity contribution >= 4 is 11.6 Å². The minimum Gasteiger partial charge on any atom is -0.346 e. The van der Waals surface area contributed by atoms with Crippen LogP contribution in [-0.2, 0) is 0 Å². The molecule has 1 N–H and O–H groups in total. The van der Waals surface area contributed by atoms with E-state index in [2.05, 4.69) is 17.3 Å². The molecule has 0 aliphatic rings. The molecular weight excluding hydrogens is 296 g/mol. The van der Waals surface area contributed by atoms with E-state index in [0.717, 1.165) is 12.8 Å². The maximum atomic E-state index is 12.3. The Morgan fingerprint density at radius 2 is 2.13 bits per heavy atom. The molecule has 2 aromatic rings. The van der Waals surface area contributed by atoms with Gasteiger partial charge in [-0.2, -0.15) is 5.10 Å². The number of benzene rings is 1. The lowest BCUT2D eigenvalue weighted by molar-refractivity contribution is -0.384. The SMILES string of the molecule is CCCC(C)(C)NC(=O)c1ccn(-c2cccc([N+](=O)[O-])c2)n1. The second kappa shape index (κ2) is 6.60. The zero-order chi connectivity index (χ0) is 17.0. The van der Waals surface area contributed by atoms with Crippen LogP contribution in [0.5, 0.6) is 0 Å². The summed E-state index contributed by atoms with van der Waals surface area (Å²) in [6, 6.07) is 7.70. The molecule has 0 bridgehead atoms. The third kappa shape index (κ3) is 4.15. The molecule has 23 heavy (non-hydrogen) atoms. The Hall–Kier alpha value is -2.70. The number of rotatable bonds is 6. The van der Waals surface area contributed by atoms with E-state index in [0.29, 0.717) is 5.69 Å². The van der Waals surface area contributed by atoms with Crippen LogP contribution in [0.1, 0.15) is 44.1 Å². The van der Waals surface area contributed by atoms with Gasteiger partial charge < -0.3 is 5.32 Å². The second-order valence-electron chi connectivity index (χ2n) is 6.01. The van der Waals surface area contributed by atoms with E-state index in [9.17, 15) is 14.9 Å². The van der Waals surface area contributed by atoms with E-state index in [1.165, 1.54) is 16.8 Å². The van der Waals surface area contributed by atoms with Crippen LogP contribution in [0.15, 0.2) is 36.5 Å². The average Bonchev–Trinajstić information content (AvgIpc) is 2.96. The number of carbonyl (C=O) groups is 1. The molecule has 0 aliphatic heterocycles. The zero-order valence-electron chi connectivity index (χ0n) is 13.4. The number of aromatic nitrogens is 2. The lowest BCUT2D eigenvalue weighted by Crippen LogP contribution is -2.43. The van der Waals surface area contributed by atoms with E-state index < -0.39 is 4.92 Å². The van der Waals surface area contributed by atoms with Crippen LogP contribution in [0.2, 0.25) is 0 Å². The predicted molar refractivity (Wildman–Crippen MR) is 86.7 cm³/mol. The average molecular weight is 316 g/mol. The number of amides is 1. The monoisotopic (exact) mass is 316 g/mol. The van der Waals surface area contributed by atoms with Gasteiger partial charge in [-0.15, -0.1) is 0 Å². The van der Waals surface area contributed by atoms with Crippen molar-refractivity contribution in [2.45, 2.75) is 39.2 Å². The van der Waals surface area contributed by atoms with Crippen LogP contribution in [0.3, 0.4) is 0 Å². The van der Waals surface area contributed by atoms with Crippen LogP contribution in [0.4, 0.5) is 5.69 Å². The molecule has 122 valence electrons. The van der Waals surface area contributed by atoms with Crippen LogP contribution >= 0.6 is 0 Å². The third-order valence-corrected chi connectivity index (χ3v) is 3.45. The summed E-state index contributed by atoms with van der Waals surface area (Å²) >= 11 is 0. The van der Waals surface area contributed by atoms with Gasteiger partial charge in [-0.25, -0.2) is 4.68 Å². The fourth-order valence-electron chi connectivity index (χ4n) is 2.40. The highest BCUT2D eigenvalue weighted by molar-refractivity contribution is 5.92. The number of nitro benzene ring substituents is 1. The highest BCUT2D eigenvalue weighted by Gasteiger charge is 2.21. The molecule has 2 rings (SSSR count). The third-order valence-electron chi connectivity index (χ3n) is 3.45. The first-order valence-electron chi connectivity index (χ1n) is 7.45. The number of carbonyl (C=O) groups excluding carboxylic acids is 1. The van der Waals surface area contributed by atoms with E-state index in [-0.39, 0.29) is 22.8 Å². The summed E-state index contributed by atoms with van der Waals surface area (Å²) in [6.07, 6.45) is 3.44. The minimum absolute atomic E-state index is 0.0203. The topological polar surface area (TPSA) is 90.1 Å².